The van der Waals surface area contributed by atoms with Crippen molar-refractivity contribution in [2.45, 2.75) is 57.8 Å². The smallest absolute Gasteiger partial charge is 0.322 e. The predicted molar refractivity (Wildman–Crippen MR) is 139 cm³/mol. The first-order valence-electron chi connectivity index (χ1n) is 12.2. The Labute approximate surface area is 219 Å². The molecule has 0 unspecified atom stereocenters. The van der Waals surface area contributed by atoms with E-state index in [1.165, 1.54) is 6.92 Å². The molecule has 0 radical (unpaired) electrons. The Morgan fingerprint density at radius 1 is 0.921 bits per heavy atom. The summed E-state index contributed by atoms with van der Waals surface area (Å²) >= 11 is 0. The van der Waals surface area contributed by atoms with Crippen LogP contribution in [0.4, 0.5) is 0 Å². The van der Waals surface area contributed by atoms with Crippen LogP contribution in [0.15, 0.2) is 30.5 Å². The number of aliphatic hydroxyl groups is 1. The molecule has 208 valence electrons. The molecule has 4 amide bonds. The van der Waals surface area contributed by atoms with Gasteiger partial charge in [-0.05, 0) is 37.3 Å². The molecule has 2 aromatic rings. The summed E-state index contributed by atoms with van der Waals surface area (Å²) < 4.78 is 0. The number of fused-ring (bicyclic) bond motifs is 1. The predicted octanol–water partition coefficient (Wildman–Crippen LogP) is -1.25. The molecule has 0 saturated heterocycles. The van der Waals surface area contributed by atoms with Crippen molar-refractivity contribution in [3.63, 3.8) is 0 Å². The molecule has 0 saturated carbocycles. The number of amides is 4. The van der Waals surface area contributed by atoms with Gasteiger partial charge in [0.05, 0.1) is 12.6 Å². The van der Waals surface area contributed by atoms with Crippen LogP contribution >= 0.6 is 0 Å². The molecule has 4 atom stereocenters. The van der Waals surface area contributed by atoms with Gasteiger partial charge in [0.2, 0.25) is 23.6 Å². The van der Waals surface area contributed by atoms with E-state index in [4.69, 9.17) is 10.8 Å². The summed E-state index contributed by atoms with van der Waals surface area (Å²) in [5, 5.41) is 28.6. The van der Waals surface area contributed by atoms with Crippen LogP contribution in [0, 0.1) is 5.92 Å². The molecule has 13 heteroatoms. The Bertz CT molecular complexity index is 1150. The number of carboxylic acid groups (broad SMARTS) is 1. The molecule has 38 heavy (non-hydrogen) atoms. The fourth-order valence-electron chi connectivity index (χ4n) is 3.77. The number of nitrogens with one attached hydrogen (secondary N) is 5. The number of aromatic amines is 1. The average Bonchev–Trinajstić information content (AvgIpc) is 3.27. The van der Waals surface area contributed by atoms with E-state index in [0.717, 1.165) is 16.5 Å². The highest BCUT2D eigenvalue weighted by Crippen LogP contribution is 2.18. The second kappa shape index (κ2) is 14.1. The lowest BCUT2D eigenvalue weighted by molar-refractivity contribution is -0.139. The molecule has 0 fully saturated rings. The quantitative estimate of drug-likeness (QED) is 0.147. The highest BCUT2D eigenvalue weighted by Gasteiger charge is 2.29. The van der Waals surface area contributed by atoms with Crippen LogP contribution in [-0.4, -0.2) is 82.1 Å². The molecule has 0 aliphatic rings. The highest BCUT2D eigenvalue weighted by atomic mass is 16.4. The van der Waals surface area contributed by atoms with Gasteiger partial charge in [-0.25, -0.2) is 0 Å². The minimum absolute atomic E-state index is 0.0334. The van der Waals surface area contributed by atoms with Crippen LogP contribution in [0.5, 0.6) is 0 Å². The van der Waals surface area contributed by atoms with E-state index >= 15 is 0 Å². The largest absolute Gasteiger partial charge is 0.480 e. The summed E-state index contributed by atoms with van der Waals surface area (Å²) in [6, 6.07) is 3.16. The fourth-order valence-corrected chi connectivity index (χ4v) is 3.77. The Kier molecular flexibility index (Phi) is 11.2. The monoisotopic (exact) mass is 532 g/mol. The molecule has 1 aromatic heterocycles. The number of para-hydroxylation sites is 1. The first-order valence-corrected chi connectivity index (χ1v) is 12.2. The molecule has 0 spiro atoms. The van der Waals surface area contributed by atoms with E-state index in [-0.39, 0.29) is 18.8 Å². The van der Waals surface area contributed by atoms with Gasteiger partial charge in [0.25, 0.3) is 0 Å². The fraction of sp³-hybridized carbons (Fsp3) is 0.480. The average molecular weight is 533 g/mol. The maximum absolute atomic E-state index is 12.8. The topological polar surface area (TPSA) is 216 Å². The van der Waals surface area contributed by atoms with E-state index < -0.39 is 66.9 Å². The first kappa shape index (κ1) is 30.3. The van der Waals surface area contributed by atoms with Gasteiger partial charge in [0.1, 0.15) is 24.7 Å². The standard InChI is InChI=1S/C25H36N6O7/c1-13(2)8-19(25(38)31-20(12-32)24(37)28-11-21(33)34)30-22(35)14(3)29-23(36)17(26)9-15-10-27-18-7-5-4-6-16(15)18/h4-7,10,13-14,17,19-20,27,32H,8-9,11-12,26H2,1-3H3,(H,28,37)(H,29,36)(H,30,35)(H,31,38)(H,33,34)/t14-,17-,19-,20-/m0/s1. The van der Waals surface area contributed by atoms with E-state index in [1.54, 1.807) is 6.20 Å². The van der Waals surface area contributed by atoms with Crippen molar-refractivity contribution in [2.24, 2.45) is 11.7 Å². The van der Waals surface area contributed by atoms with Gasteiger partial charge >= 0.3 is 5.97 Å². The number of aliphatic carboxylic acids is 1. The number of rotatable bonds is 14. The molecule has 1 aromatic carbocycles. The van der Waals surface area contributed by atoms with Crippen molar-refractivity contribution in [3.8, 4) is 0 Å². The van der Waals surface area contributed by atoms with Crippen molar-refractivity contribution in [1.82, 2.24) is 26.3 Å². The first-order chi connectivity index (χ1) is 17.9. The van der Waals surface area contributed by atoms with Crippen LogP contribution < -0.4 is 27.0 Å². The van der Waals surface area contributed by atoms with Crippen LogP contribution in [0.2, 0.25) is 0 Å². The lowest BCUT2D eigenvalue weighted by Crippen LogP contribution is -2.58. The van der Waals surface area contributed by atoms with Crippen molar-refractivity contribution in [2.75, 3.05) is 13.2 Å². The third-order valence-corrected chi connectivity index (χ3v) is 5.77. The zero-order valence-electron chi connectivity index (χ0n) is 21.6. The summed E-state index contributed by atoms with van der Waals surface area (Å²) in [5.74, 6) is -4.14. The number of benzene rings is 1. The normalized spacial score (nSPS) is 14.3. The lowest BCUT2D eigenvalue weighted by atomic mass is 10.0. The minimum Gasteiger partial charge on any atom is -0.480 e. The highest BCUT2D eigenvalue weighted by molar-refractivity contribution is 5.95. The summed E-state index contributed by atoms with van der Waals surface area (Å²) in [4.78, 5) is 64.1. The van der Waals surface area contributed by atoms with Crippen molar-refractivity contribution in [3.05, 3.63) is 36.0 Å². The van der Waals surface area contributed by atoms with Gasteiger partial charge in [-0.2, -0.15) is 0 Å². The third-order valence-electron chi connectivity index (χ3n) is 5.77. The number of carbonyl (C=O) groups excluding carboxylic acids is 4. The molecule has 0 bridgehead atoms. The van der Waals surface area contributed by atoms with Crippen LogP contribution in [0.25, 0.3) is 10.9 Å². The van der Waals surface area contributed by atoms with E-state index in [1.807, 2.05) is 38.1 Å². The van der Waals surface area contributed by atoms with Gasteiger partial charge in [0, 0.05) is 17.1 Å². The Morgan fingerprint density at radius 3 is 2.21 bits per heavy atom. The number of carbonyl (C=O) groups is 5. The maximum Gasteiger partial charge on any atom is 0.322 e. The summed E-state index contributed by atoms with van der Waals surface area (Å²) in [6.45, 7) is 3.64. The van der Waals surface area contributed by atoms with E-state index in [9.17, 15) is 29.1 Å². The zero-order valence-corrected chi connectivity index (χ0v) is 21.6. The molecule has 1 heterocycles. The van der Waals surface area contributed by atoms with E-state index in [0.29, 0.717) is 0 Å². The Balaban J connectivity index is 1.97. The van der Waals surface area contributed by atoms with Crippen LogP contribution in [0.3, 0.4) is 0 Å². The SMILES string of the molecule is CC(C)C[C@H](NC(=O)[C@H](C)NC(=O)[C@@H](N)Cc1c[nH]c2ccccc12)C(=O)N[C@@H](CO)C(=O)NCC(=O)O. The summed E-state index contributed by atoms with van der Waals surface area (Å²) in [5.41, 5.74) is 7.86. The second-order valence-corrected chi connectivity index (χ2v) is 9.45. The number of nitrogens with two attached hydrogens (primary N) is 1. The van der Waals surface area contributed by atoms with E-state index in [2.05, 4.69) is 26.3 Å². The van der Waals surface area contributed by atoms with Gasteiger partial charge in [0.15, 0.2) is 0 Å². The lowest BCUT2D eigenvalue weighted by Gasteiger charge is -2.25. The molecule has 0 aliphatic carbocycles. The van der Waals surface area contributed by atoms with Gasteiger partial charge in [-0.3, -0.25) is 24.0 Å². The molecular formula is C25H36N6O7. The van der Waals surface area contributed by atoms with Crippen LogP contribution in [-0.2, 0) is 30.4 Å². The Hall–Kier alpha value is -3.97. The maximum atomic E-state index is 12.8. The van der Waals surface area contributed by atoms with Gasteiger partial charge in [-0.15, -0.1) is 0 Å². The van der Waals surface area contributed by atoms with Crippen molar-refractivity contribution in [1.29, 1.82) is 0 Å². The second-order valence-electron chi connectivity index (χ2n) is 9.45. The van der Waals surface area contributed by atoms with Crippen LogP contribution in [0.1, 0.15) is 32.8 Å². The number of carboxylic acids is 1. The third kappa shape index (κ3) is 8.85. The minimum atomic E-state index is -1.41. The van der Waals surface area contributed by atoms with Gasteiger partial charge < -0.3 is 42.2 Å². The molecule has 0 aliphatic heterocycles. The molecular weight excluding hydrogens is 496 g/mol. The number of aromatic nitrogens is 1. The number of H-pyrrole nitrogens is 1. The summed E-state index contributed by atoms with van der Waals surface area (Å²) in [6.07, 6.45) is 2.23. The molecule has 9 N–H and O–H groups in total. The zero-order chi connectivity index (χ0) is 28.4. The molecule has 2 rings (SSSR count). The van der Waals surface area contributed by atoms with Crippen molar-refractivity contribution < 1.29 is 34.2 Å². The van der Waals surface area contributed by atoms with Gasteiger partial charge in [-0.1, -0.05) is 32.0 Å². The van der Waals surface area contributed by atoms with Crippen molar-refractivity contribution >= 4 is 40.5 Å². The molecule has 13 nitrogen and oxygen atoms in total. The number of hydrogen-bond donors (Lipinski definition) is 8. The Morgan fingerprint density at radius 2 is 1.58 bits per heavy atom. The summed E-state index contributed by atoms with van der Waals surface area (Å²) in [7, 11) is 0. The number of aliphatic hydroxyl groups excluding tert-OH is 1. The number of hydrogen-bond acceptors (Lipinski definition) is 7.